The summed E-state index contributed by atoms with van der Waals surface area (Å²) in [5.41, 5.74) is 2.51. The number of fused-ring (bicyclic) bond motifs is 1. The lowest BCUT2D eigenvalue weighted by atomic mass is 10.1. The van der Waals surface area contributed by atoms with Crippen molar-refractivity contribution < 1.29 is 9.22 Å². The van der Waals surface area contributed by atoms with Crippen molar-refractivity contribution in [1.82, 2.24) is 4.98 Å². The summed E-state index contributed by atoms with van der Waals surface area (Å²) in [5.74, 6) is 0. The second-order valence-electron chi connectivity index (χ2n) is 6.59. The highest BCUT2D eigenvalue weighted by Gasteiger charge is 2.39. The zero-order valence-electron chi connectivity index (χ0n) is 12.9. The van der Waals surface area contributed by atoms with E-state index in [1.807, 2.05) is 19.1 Å². The minimum Gasteiger partial charge on any atom is -0.523 e. The molecule has 0 saturated heterocycles. The first-order valence-corrected chi connectivity index (χ1v) is 10.4. The van der Waals surface area contributed by atoms with Crippen LogP contribution in [0.1, 0.15) is 36.7 Å². The Morgan fingerprint density at radius 1 is 1.30 bits per heavy atom. The average Bonchev–Trinajstić information content (AvgIpc) is 2.71. The molecule has 0 bridgehead atoms. The van der Waals surface area contributed by atoms with Crippen molar-refractivity contribution in [1.29, 1.82) is 0 Å². The SMILES string of the molecule is Cc1c(C=O)ccc2sc(O[Si](C)(C)C(C)(C)C)nc12. The molecule has 0 fully saturated rings. The highest BCUT2D eigenvalue weighted by atomic mass is 32.1. The van der Waals surface area contributed by atoms with Crippen LogP contribution in [0.3, 0.4) is 0 Å². The zero-order valence-corrected chi connectivity index (χ0v) is 14.7. The fourth-order valence-electron chi connectivity index (χ4n) is 1.66. The summed E-state index contributed by atoms with van der Waals surface area (Å²) in [5, 5.41) is 0.867. The molecule has 1 aromatic heterocycles. The molecule has 0 amide bonds. The molecule has 1 heterocycles. The Morgan fingerprint density at radius 2 is 1.95 bits per heavy atom. The van der Waals surface area contributed by atoms with Crippen molar-refractivity contribution in [2.24, 2.45) is 0 Å². The van der Waals surface area contributed by atoms with Gasteiger partial charge in [-0.1, -0.05) is 32.1 Å². The average molecular weight is 307 g/mol. The maximum atomic E-state index is 11.0. The summed E-state index contributed by atoms with van der Waals surface area (Å²) < 4.78 is 7.31. The monoisotopic (exact) mass is 307 g/mol. The van der Waals surface area contributed by atoms with Gasteiger partial charge in [0.25, 0.3) is 13.5 Å². The predicted octanol–water partition coefficient (Wildman–Crippen LogP) is 4.80. The van der Waals surface area contributed by atoms with Crippen molar-refractivity contribution in [2.75, 3.05) is 0 Å². The van der Waals surface area contributed by atoms with Crippen LogP contribution in [-0.4, -0.2) is 19.6 Å². The van der Waals surface area contributed by atoms with Crippen LogP contribution in [0.4, 0.5) is 0 Å². The summed E-state index contributed by atoms with van der Waals surface area (Å²) in [6.45, 7) is 13.0. The molecule has 2 aromatic rings. The van der Waals surface area contributed by atoms with Gasteiger partial charge in [0.1, 0.15) is 6.29 Å². The third kappa shape index (κ3) is 2.65. The van der Waals surface area contributed by atoms with Crippen molar-refractivity contribution in [2.45, 2.75) is 45.8 Å². The van der Waals surface area contributed by atoms with Crippen LogP contribution < -0.4 is 4.43 Å². The quantitative estimate of drug-likeness (QED) is 0.604. The van der Waals surface area contributed by atoms with Gasteiger partial charge in [0.15, 0.2) is 0 Å². The molecule has 0 radical (unpaired) electrons. The number of hydrogen-bond donors (Lipinski definition) is 0. The molecule has 5 heteroatoms. The smallest absolute Gasteiger partial charge is 0.260 e. The van der Waals surface area contributed by atoms with E-state index in [0.717, 1.165) is 27.3 Å². The maximum absolute atomic E-state index is 11.0. The number of hydrogen-bond acceptors (Lipinski definition) is 4. The number of nitrogens with zero attached hydrogens (tertiary/aromatic N) is 1. The number of aromatic nitrogens is 1. The molecule has 2 rings (SSSR count). The molecule has 0 aliphatic rings. The molecule has 0 saturated carbocycles. The summed E-state index contributed by atoms with van der Waals surface area (Å²) in [7, 11) is -1.87. The van der Waals surface area contributed by atoms with E-state index in [-0.39, 0.29) is 5.04 Å². The van der Waals surface area contributed by atoms with Crippen LogP contribution in [0.15, 0.2) is 12.1 Å². The number of rotatable bonds is 3. The molecule has 0 N–H and O–H groups in total. The number of thiazole rings is 1. The first kappa shape index (κ1) is 15.2. The summed E-state index contributed by atoms with van der Waals surface area (Å²) in [4.78, 5) is 15.6. The standard InChI is InChI=1S/C15H21NO2SSi/c1-10-11(9-17)7-8-12-13(10)16-14(19-12)18-20(5,6)15(2,3)4/h7-9H,1-6H3. The molecular weight excluding hydrogens is 286 g/mol. The van der Waals surface area contributed by atoms with Gasteiger partial charge in [-0.25, -0.2) is 4.98 Å². The van der Waals surface area contributed by atoms with Gasteiger partial charge in [-0.2, -0.15) is 0 Å². The third-order valence-corrected chi connectivity index (χ3v) is 9.47. The van der Waals surface area contributed by atoms with E-state index < -0.39 is 8.32 Å². The van der Waals surface area contributed by atoms with Crippen LogP contribution >= 0.6 is 11.3 Å². The summed E-state index contributed by atoms with van der Waals surface area (Å²) in [6.07, 6.45) is 0.877. The van der Waals surface area contributed by atoms with Gasteiger partial charge < -0.3 is 4.43 Å². The van der Waals surface area contributed by atoms with Crippen LogP contribution in [-0.2, 0) is 0 Å². The van der Waals surface area contributed by atoms with Gasteiger partial charge in [0.05, 0.1) is 10.2 Å². The Balaban J connectivity index is 2.43. The Bertz CT molecular complexity index is 656. The lowest BCUT2D eigenvalue weighted by molar-refractivity contribution is 0.112. The van der Waals surface area contributed by atoms with Crippen molar-refractivity contribution >= 4 is 36.2 Å². The second kappa shape index (κ2) is 4.97. The van der Waals surface area contributed by atoms with E-state index in [9.17, 15) is 4.79 Å². The number of aldehydes is 1. The van der Waals surface area contributed by atoms with Crippen molar-refractivity contribution in [3.05, 3.63) is 23.3 Å². The highest BCUT2D eigenvalue weighted by Crippen LogP contribution is 2.39. The molecule has 0 aliphatic carbocycles. The van der Waals surface area contributed by atoms with Gasteiger partial charge in [0, 0.05) is 5.56 Å². The Hall–Kier alpha value is -1.20. The lowest BCUT2D eigenvalue weighted by Crippen LogP contribution is -2.43. The molecule has 1 aromatic carbocycles. The minimum atomic E-state index is -1.87. The van der Waals surface area contributed by atoms with E-state index in [1.165, 1.54) is 0 Å². The van der Waals surface area contributed by atoms with Crippen LogP contribution in [0.25, 0.3) is 10.2 Å². The fraction of sp³-hybridized carbons (Fsp3) is 0.467. The summed E-state index contributed by atoms with van der Waals surface area (Å²) >= 11 is 1.56. The Kier molecular flexibility index (Phi) is 3.77. The predicted molar refractivity (Wildman–Crippen MR) is 87.6 cm³/mol. The van der Waals surface area contributed by atoms with Gasteiger partial charge in [0.2, 0.25) is 0 Å². The van der Waals surface area contributed by atoms with Crippen molar-refractivity contribution in [3.8, 4) is 5.19 Å². The minimum absolute atomic E-state index is 0.147. The largest absolute Gasteiger partial charge is 0.523 e. The van der Waals surface area contributed by atoms with E-state index >= 15 is 0 Å². The lowest BCUT2D eigenvalue weighted by Gasteiger charge is -2.35. The molecular formula is C15H21NO2SSi. The highest BCUT2D eigenvalue weighted by molar-refractivity contribution is 7.20. The second-order valence-corrected chi connectivity index (χ2v) is 12.3. The zero-order chi connectivity index (χ0) is 15.1. The Morgan fingerprint density at radius 3 is 2.50 bits per heavy atom. The van der Waals surface area contributed by atoms with Crippen LogP contribution in [0, 0.1) is 6.92 Å². The maximum Gasteiger partial charge on any atom is 0.260 e. The molecule has 108 valence electrons. The van der Waals surface area contributed by atoms with E-state index in [2.05, 4.69) is 38.8 Å². The van der Waals surface area contributed by atoms with Crippen molar-refractivity contribution in [3.63, 3.8) is 0 Å². The number of aryl methyl sites for hydroxylation is 1. The van der Waals surface area contributed by atoms with Crippen LogP contribution in [0.2, 0.25) is 18.1 Å². The number of carbonyl (C=O) groups excluding carboxylic acids is 1. The third-order valence-electron chi connectivity index (χ3n) is 4.11. The molecule has 3 nitrogen and oxygen atoms in total. The molecule has 0 unspecified atom stereocenters. The molecule has 20 heavy (non-hydrogen) atoms. The first-order valence-electron chi connectivity index (χ1n) is 6.70. The normalized spacial score (nSPS) is 12.7. The molecule has 0 atom stereocenters. The number of carbonyl (C=O) groups is 1. The molecule has 0 spiro atoms. The van der Waals surface area contributed by atoms with Gasteiger partial charge in [-0.3, -0.25) is 4.79 Å². The number of benzene rings is 1. The van der Waals surface area contributed by atoms with Gasteiger partial charge in [-0.05, 0) is 42.8 Å². The molecule has 0 aliphatic heterocycles. The van der Waals surface area contributed by atoms with Gasteiger partial charge in [-0.15, -0.1) is 0 Å². The fourth-order valence-corrected chi connectivity index (χ4v) is 4.00. The van der Waals surface area contributed by atoms with E-state index in [4.69, 9.17) is 4.43 Å². The van der Waals surface area contributed by atoms with E-state index in [1.54, 1.807) is 11.3 Å². The van der Waals surface area contributed by atoms with Crippen LogP contribution in [0.5, 0.6) is 5.19 Å². The summed E-state index contributed by atoms with van der Waals surface area (Å²) in [6, 6.07) is 3.79. The Labute approximate surface area is 125 Å². The topological polar surface area (TPSA) is 39.2 Å². The van der Waals surface area contributed by atoms with Gasteiger partial charge >= 0.3 is 0 Å². The first-order chi connectivity index (χ1) is 9.15. The van der Waals surface area contributed by atoms with E-state index in [0.29, 0.717) is 5.56 Å².